The number of carbonyl (C=O) groups excluding carboxylic acids is 1. The number of aromatic nitrogens is 5. The summed E-state index contributed by atoms with van der Waals surface area (Å²) in [7, 11) is 0. The number of hydrogen-bond donors (Lipinski definition) is 0. The minimum Gasteiger partial charge on any atom is -0.477 e. The molecule has 0 amide bonds. The average molecular weight is 450 g/mol. The number of carbonyl (C=O) groups is 1. The second-order valence-electron chi connectivity index (χ2n) is 7.39. The molecule has 9 heteroatoms. The summed E-state index contributed by atoms with van der Waals surface area (Å²) in [5.74, 6) is 1.08. The third-order valence-corrected chi connectivity index (χ3v) is 5.03. The van der Waals surface area contributed by atoms with Gasteiger partial charge in [-0.25, -0.2) is 4.68 Å². The third-order valence-electron chi connectivity index (χ3n) is 5.03. The summed E-state index contributed by atoms with van der Waals surface area (Å²) in [6.45, 7) is 5.46. The maximum Gasteiger partial charge on any atom is 0.306 e. The maximum absolute atomic E-state index is 11.7. The van der Waals surface area contributed by atoms with E-state index < -0.39 is 0 Å². The van der Waals surface area contributed by atoms with E-state index >= 15 is 0 Å². The van der Waals surface area contributed by atoms with Crippen LogP contribution in [0.1, 0.15) is 31.4 Å². The summed E-state index contributed by atoms with van der Waals surface area (Å²) in [5.41, 5.74) is 3.72. The minimum atomic E-state index is -0.220. The molecule has 0 fully saturated rings. The van der Waals surface area contributed by atoms with Crippen molar-refractivity contribution >= 4 is 17.0 Å². The molecule has 0 spiro atoms. The molecule has 0 saturated heterocycles. The summed E-state index contributed by atoms with van der Waals surface area (Å²) in [4.78, 5) is 11.7. The van der Waals surface area contributed by atoms with Crippen LogP contribution >= 0.6 is 0 Å². The molecular weight excluding hydrogens is 422 g/mol. The fourth-order valence-corrected chi connectivity index (χ4v) is 3.45. The van der Waals surface area contributed by atoms with Crippen LogP contribution in [0, 0.1) is 0 Å². The number of benzene rings is 2. The summed E-state index contributed by atoms with van der Waals surface area (Å²) in [5, 5.41) is 12.8. The molecule has 0 unspecified atom stereocenters. The van der Waals surface area contributed by atoms with Crippen LogP contribution in [0.25, 0.3) is 11.0 Å². The molecule has 2 heterocycles. The Kier molecular flexibility index (Phi) is 7.19. The van der Waals surface area contributed by atoms with E-state index in [2.05, 4.69) is 15.4 Å². The van der Waals surface area contributed by atoms with Gasteiger partial charge in [0.05, 0.1) is 25.3 Å². The number of para-hydroxylation sites is 1. The second kappa shape index (κ2) is 10.6. The van der Waals surface area contributed by atoms with Gasteiger partial charge in [0.1, 0.15) is 11.3 Å². The zero-order chi connectivity index (χ0) is 23.0. The highest BCUT2D eigenvalue weighted by Gasteiger charge is 2.13. The van der Waals surface area contributed by atoms with Crippen LogP contribution in [0.4, 0.5) is 0 Å². The van der Waals surface area contributed by atoms with E-state index in [1.807, 2.05) is 66.3 Å². The van der Waals surface area contributed by atoms with E-state index in [0.29, 0.717) is 38.5 Å². The zero-order valence-corrected chi connectivity index (χ0v) is 18.8. The smallest absolute Gasteiger partial charge is 0.306 e. The number of nitrogens with zero attached hydrogens (tertiary/aromatic N) is 5. The van der Waals surface area contributed by atoms with E-state index in [0.717, 1.165) is 27.9 Å². The highest BCUT2D eigenvalue weighted by Crippen LogP contribution is 2.20. The van der Waals surface area contributed by atoms with Crippen molar-refractivity contribution in [2.75, 3.05) is 13.2 Å². The van der Waals surface area contributed by atoms with Gasteiger partial charge in [-0.05, 0) is 50.1 Å². The molecule has 33 heavy (non-hydrogen) atoms. The van der Waals surface area contributed by atoms with Gasteiger partial charge >= 0.3 is 5.97 Å². The van der Waals surface area contributed by atoms with Crippen molar-refractivity contribution in [3.63, 3.8) is 0 Å². The summed E-state index contributed by atoms with van der Waals surface area (Å²) in [6.07, 6.45) is 2.75. The van der Waals surface area contributed by atoms with Crippen LogP contribution in [0.5, 0.6) is 11.6 Å². The number of aryl methyl sites for hydroxylation is 1. The van der Waals surface area contributed by atoms with Crippen molar-refractivity contribution in [1.29, 1.82) is 0 Å². The molecule has 0 aliphatic rings. The number of ether oxygens (including phenoxy) is 3. The fraction of sp³-hybridized carbons (Fsp3) is 0.333. The van der Waals surface area contributed by atoms with Crippen LogP contribution < -0.4 is 9.47 Å². The first kappa shape index (κ1) is 22.3. The molecular formula is C24H27N5O4. The zero-order valence-electron chi connectivity index (χ0n) is 18.8. The second-order valence-corrected chi connectivity index (χ2v) is 7.39. The van der Waals surface area contributed by atoms with Gasteiger partial charge in [0.2, 0.25) is 5.88 Å². The van der Waals surface area contributed by atoms with Crippen LogP contribution in [-0.4, -0.2) is 44.0 Å². The Hall–Kier alpha value is -3.88. The summed E-state index contributed by atoms with van der Waals surface area (Å²) < 4.78 is 20.1. The first-order valence-electron chi connectivity index (χ1n) is 11.0. The summed E-state index contributed by atoms with van der Waals surface area (Å²) >= 11 is 0. The van der Waals surface area contributed by atoms with E-state index in [1.54, 1.807) is 11.6 Å². The minimum absolute atomic E-state index is 0.220. The van der Waals surface area contributed by atoms with E-state index in [-0.39, 0.29) is 12.7 Å². The molecule has 4 rings (SSSR count). The highest BCUT2D eigenvalue weighted by molar-refractivity contribution is 5.73. The molecule has 0 N–H and O–H groups in total. The first-order chi connectivity index (χ1) is 16.2. The number of esters is 1. The van der Waals surface area contributed by atoms with Gasteiger partial charge in [0.25, 0.3) is 0 Å². The number of rotatable bonds is 11. The molecule has 0 aliphatic heterocycles. The topological polar surface area (TPSA) is 93.3 Å². The lowest BCUT2D eigenvalue weighted by molar-refractivity contribution is -0.143. The monoisotopic (exact) mass is 449 g/mol. The largest absolute Gasteiger partial charge is 0.477 e. The van der Waals surface area contributed by atoms with Crippen LogP contribution in [-0.2, 0) is 29.2 Å². The third kappa shape index (κ3) is 5.68. The molecule has 4 aromatic rings. The van der Waals surface area contributed by atoms with Crippen molar-refractivity contribution in [2.24, 2.45) is 0 Å². The Labute approximate surface area is 191 Å². The maximum atomic E-state index is 11.7. The van der Waals surface area contributed by atoms with Gasteiger partial charge in [-0.1, -0.05) is 29.5 Å². The molecule has 0 atom stereocenters. The molecule has 2 aromatic heterocycles. The van der Waals surface area contributed by atoms with Crippen molar-refractivity contribution < 1.29 is 19.0 Å². The quantitative estimate of drug-likeness (QED) is 0.323. The molecule has 0 bridgehead atoms. The summed E-state index contributed by atoms with van der Waals surface area (Å²) in [6, 6.07) is 15.6. The predicted molar refractivity (Wildman–Crippen MR) is 122 cm³/mol. The van der Waals surface area contributed by atoms with Crippen LogP contribution in [0.3, 0.4) is 0 Å². The van der Waals surface area contributed by atoms with Crippen molar-refractivity contribution in [3.05, 3.63) is 65.9 Å². The lowest BCUT2D eigenvalue weighted by Crippen LogP contribution is -2.07. The molecule has 2 aromatic carbocycles. The Bertz CT molecular complexity index is 1200. The first-order valence-corrected chi connectivity index (χ1v) is 11.0. The fourth-order valence-electron chi connectivity index (χ4n) is 3.45. The van der Waals surface area contributed by atoms with Crippen LogP contribution in [0.15, 0.2) is 54.7 Å². The molecule has 9 nitrogen and oxygen atoms in total. The van der Waals surface area contributed by atoms with Gasteiger partial charge in [0.15, 0.2) is 6.73 Å². The van der Waals surface area contributed by atoms with Crippen molar-refractivity contribution in [3.8, 4) is 11.6 Å². The predicted octanol–water partition coefficient (Wildman–Crippen LogP) is 3.61. The molecule has 172 valence electrons. The van der Waals surface area contributed by atoms with Gasteiger partial charge in [-0.15, -0.1) is 10.2 Å². The Balaban J connectivity index is 1.37. The van der Waals surface area contributed by atoms with Gasteiger partial charge < -0.3 is 14.2 Å². The molecule has 0 radical (unpaired) electrons. The molecule has 0 saturated carbocycles. The van der Waals surface area contributed by atoms with Gasteiger partial charge in [-0.3, -0.25) is 9.48 Å². The van der Waals surface area contributed by atoms with Gasteiger partial charge in [0, 0.05) is 18.2 Å². The van der Waals surface area contributed by atoms with E-state index in [9.17, 15) is 4.79 Å². The average Bonchev–Trinajstić information content (AvgIpc) is 3.41. The number of hydrogen-bond acceptors (Lipinski definition) is 7. The lowest BCUT2D eigenvalue weighted by atomic mass is 10.2. The molecule has 0 aliphatic carbocycles. The Morgan fingerprint density at radius 3 is 2.61 bits per heavy atom. The van der Waals surface area contributed by atoms with Crippen molar-refractivity contribution in [1.82, 2.24) is 24.8 Å². The normalized spacial score (nSPS) is 11.0. The van der Waals surface area contributed by atoms with Crippen molar-refractivity contribution in [2.45, 2.75) is 40.0 Å². The Morgan fingerprint density at radius 1 is 1.00 bits per heavy atom. The highest BCUT2D eigenvalue weighted by atomic mass is 16.5. The number of fused-ring (bicyclic) bond motifs is 1. The van der Waals surface area contributed by atoms with Crippen LogP contribution in [0.2, 0.25) is 0 Å². The van der Waals surface area contributed by atoms with E-state index in [4.69, 9.17) is 14.2 Å². The van der Waals surface area contributed by atoms with E-state index in [1.165, 1.54) is 0 Å². The Morgan fingerprint density at radius 2 is 1.82 bits per heavy atom. The van der Waals surface area contributed by atoms with Gasteiger partial charge in [-0.2, -0.15) is 0 Å². The SMILES string of the molecule is CCOC(=O)CCc1cn(Cc2ccc(OCn3nnc4ccccc43)cc2)nc1OCC. The lowest BCUT2D eigenvalue weighted by Gasteiger charge is -2.08. The standard InChI is InChI=1S/C24H27N5O4/c1-3-31-23(30)14-11-19-16-28(26-24(19)32-4-2)15-18-9-12-20(13-10-18)33-17-29-22-8-6-5-7-21(22)25-27-29/h5-10,12-13,16H,3-4,11,14-15,17H2,1-2H3.